The van der Waals surface area contributed by atoms with Crippen LogP contribution < -0.4 is 5.32 Å². The van der Waals surface area contributed by atoms with Gasteiger partial charge in [-0.1, -0.05) is 0 Å². The first kappa shape index (κ1) is 16.3. The molecule has 1 aromatic heterocycles. The molecular weight excluding hydrogens is 302 g/mol. The number of nitrogens with one attached hydrogen (secondary N) is 2. The maximum absolute atomic E-state index is 12.0. The monoisotopic (exact) mass is 321 g/mol. The second kappa shape index (κ2) is 6.76. The Balaban J connectivity index is 1.96. The molecule has 2 N–H and O–H groups in total. The van der Waals surface area contributed by atoms with Crippen molar-refractivity contribution < 1.29 is 13.2 Å². The van der Waals surface area contributed by atoms with Crippen molar-refractivity contribution >= 4 is 15.9 Å². The number of carbonyl (C=O) groups excluding carboxylic acids is 1. The van der Waals surface area contributed by atoms with E-state index >= 15 is 0 Å². The molecule has 0 spiro atoms. The lowest BCUT2D eigenvalue weighted by Gasteiger charge is -2.11. The Morgan fingerprint density at radius 1 is 1.18 bits per heavy atom. The molecule has 7 heteroatoms. The van der Waals surface area contributed by atoms with Gasteiger partial charge in [-0.05, 0) is 42.3 Å². The summed E-state index contributed by atoms with van der Waals surface area (Å²) >= 11 is 0. The number of hydrogen-bond donors (Lipinski definition) is 2. The smallest absolute Gasteiger partial charge is 0.251 e. The molecule has 0 saturated carbocycles. The lowest BCUT2D eigenvalue weighted by Crippen LogP contribution is -2.26. The average molecular weight is 321 g/mol. The van der Waals surface area contributed by atoms with Gasteiger partial charge in [0.15, 0.2) is 0 Å². The molecule has 118 valence electrons. The van der Waals surface area contributed by atoms with Crippen LogP contribution in [0.25, 0.3) is 0 Å². The zero-order valence-electron chi connectivity index (χ0n) is 12.5. The molecule has 2 rings (SSSR count). The highest BCUT2D eigenvalue weighted by atomic mass is 32.2. The lowest BCUT2D eigenvalue weighted by atomic mass is 10.2. The van der Waals surface area contributed by atoms with Crippen LogP contribution in [0.1, 0.15) is 15.9 Å². The molecule has 1 heterocycles. The molecule has 0 atom stereocenters. The number of sulfonamides is 1. The topological polar surface area (TPSA) is 82.3 Å². The van der Waals surface area contributed by atoms with Crippen molar-refractivity contribution in [2.24, 2.45) is 0 Å². The fourth-order valence-corrected chi connectivity index (χ4v) is 2.83. The van der Waals surface area contributed by atoms with Crippen LogP contribution in [0.4, 0.5) is 0 Å². The first-order valence-electron chi connectivity index (χ1n) is 6.84. The summed E-state index contributed by atoms with van der Waals surface area (Å²) in [4.78, 5) is 15.1. The summed E-state index contributed by atoms with van der Waals surface area (Å²) in [6.07, 6.45) is 4.45. The van der Waals surface area contributed by atoms with Gasteiger partial charge in [0.25, 0.3) is 5.91 Å². The molecule has 0 unspecified atom stereocenters. The summed E-state index contributed by atoms with van der Waals surface area (Å²) in [6.45, 7) is 0.522. The fraction of sp³-hybridized carbons (Fsp3) is 0.267. The first-order chi connectivity index (χ1) is 10.4. The number of benzene rings is 1. The Morgan fingerprint density at radius 2 is 1.86 bits per heavy atom. The van der Waals surface area contributed by atoms with E-state index in [1.807, 2.05) is 18.5 Å². The molecule has 0 aliphatic heterocycles. The van der Waals surface area contributed by atoms with E-state index in [9.17, 15) is 13.2 Å². The molecule has 1 amide bonds. The van der Waals surface area contributed by atoms with Gasteiger partial charge in [-0.3, -0.25) is 4.79 Å². The summed E-state index contributed by atoms with van der Waals surface area (Å²) < 4.78 is 25.0. The number of H-pyrrole nitrogens is 1. The van der Waals surface area contributed by atoms with Gasteiger partial charge < -0.3 is 10.3 Å². The van der Waals surface area contributed by atoms with E-state index in [1.54, 1.807) is 0 Å². The van der Waals surface area contributed by atoms with Crippen molar-refractivity contribution in [3.63, 3.8) is 0 Å². The van der Waals surface area contributed by atoms with Crippen molar-refractivity contribution in [1.82, 2.24) is 14.6 Å². The SMILES string of the molecule is CN(C)S(=O)(=O)c1ccc(C(=O)NCCc2cc[nH]c2)cc1. The van der Waals surface area contributed by atoms with Crippen LogP contribution in [0, 0.1) is 0 Å². The third-order valence-electron chi connectivity index (χ3n) is 3.26. The van der Waals surface area contributed by atoms with Crippen molar-refractivity contribution in [2.75, 3.05) is 20.6 Å². The van der Waals surface area contributed by atoms with Crippen molar-refractivity contribution in [2.45, 2.75) is 11.3 Å². The summed E-state index contributed by atoms with van der Waals surface area (Å²) in [5.41, 5.74) is 1.56. The van der Waals surface area contributed by atoms with Crippen molar-refractivity contribution in [1.29, 1.82) is 0 Å². The Labute approximate surface area is 130 Å². The Kier molecular flexibility index (Phi) is 4.99. The highest BCUT2D eigenvalue weighted by Gasteiger charge is 2.17. The summed E-state index contributed by atoms with van der Waals surface area (Å²) in [5, 5.41) is 2.81. The molecule has 6 nitrogen and oxygen atoms in total. The molecule has 0 aliphatic rings. The average Bonchev–Trinajstić information content (AvgIpc) is 3.00. The number of aromatic amines is 1. The molecule has 0 fully saturated rings. The zero-order chi connectivity index (χ0) is 16.2. The molecule has 0 saturated heterocycles. The van der Waals surface area contributed by atoms with Gasteiger partial charge in [0.2, 0.25) is 10.0 Å². The van der Waals surface area contributed by atoms with Crippen molar-refractivity contribution in [3.05, 3.63) is 53.9 Å². The number of aromatic nitrogens is 1. The standard InChI is InChI=1S/C15H19N3O3S/c1-18(2)22(20,21)14-5-3-13(4-6-14)15(19)17-10-8-12-7-9-16-11-12/h3-7,9,11,16H,8,10H2,1-2H3,(H,17,19). The van der Waals surface area contributed by atoms with E-state index in [0.717, 1.165) is 16.3 Å². The number of hydrogen-bond acceptors (Lipinski definition) is 3. The van der Waals surface area contributed by atoms with Gasteiger partial charge in [0.1, 0.15) is 0 Å². The van der Waals surface area contributed by atoms with E-state index in [1.165, 1.54) is 38.4 Å². The van der Waals surface area contributed by atoms with E-state index in [0.29, 0.717) is 12.1 Å². The predicted molar refractivity (Wildman–Crippen MR) is 84.1 cm³/mol. The Hall–Kier alpha value is -2.12. The number of carbonyl (C=O) groups is 1. The third-order valence-corrected chi connectivity index (χ3v) is 5.09. The molecule has 0 radical (unpaired) electrons. The van der Waals surface area contributed by atoms with Crippen LogP contribution in [0.3, 0.4) is 0 Å². The quantitative estimate of drug-likeness (QED) is 0.840. The highest BCUT2D eigenvalue weighted by molar-refractivity contribution is 7.89. The second-order valence-electron chi connectivity index (χ2n) is 5.04. The van der Waals surface area contributed by atoms with E-state index in [4.69, 9.17) is 0 Å². The van der Waals surface area contributed by atoms with Gasteiger partial charge in [0, 0.05) is 38.6 Å². The largest absolute Gasteiger partial charge is 0.367 e. The number of rotatable bonds is 6. The highest BCUT2D eigenvalue weighted by Crippen LogP contribution is 2.13. The van der Waals surface area contributed by atoms with Gasteiger partial charge in [-0.25, -0.2) is 12.7 Å². The normalized spacial score (nSPS) is 11.6. The molecule has 22 heavy (non-hydrogen) atoms. The van der Waals surface area contributed by atoms with E-state index in [2.05, 4.69) is 10.3 Å². The van der Waals surface area contributed by atoms with Crippen LogP contribution in [0.15, 0.2) is 47.6 Å². The summed E-state index contributed by atoms with van der Waals surface area (Å²) in [6, 6.07) is 7.86. The maximum Gasteiger partial charge on any atom is 0.251 e. The van der Waals surface area contributed by atoms with Gasteiger partial charge in [-0.15, -0.1) is 0 Å². The maximum atomic E-state index is 12.0. The molecule has 0 bridgehead atoms. The minimum atomic E-state index is -3.47. The summed E-state index contributed by atoms with van der Waals surface area (Å²) in [7, 11) is -0.529. The summed E-state index contributed by atoms with van der Waals surface area (Å²) in [5.74, 6) is -0.218. The third kappa shape index (κ3) is 3.75. The lowest BCUT2D eigenvalue weighted by molar-refractivity contribution is 0.0954. The van der Waals surface area contributed by atoms with Crippen LogP contribution >= 0.6 is 0 Å². The second-order valence-corrected chi connectivity index (χ2v) is 7.19. The predicted octanol–water partition coefficient (Wildman–Crippen LogP) is 1.24. The van der Waals surface area contributed by atoms with Crippen molar-refractivity contribution in [3.8, 4) is 0 Å². The van der Waals surface area contributed by atoms with Gasteiger partial charge >= 0.3 is 0 Å². The van der Waals surface area contributed by atoms with Crippen LogP contribution in [0.5, 0.6) is 0 Å². The van der Waals surface area contributed by atoms with Crippen LogP contribution in [-0.2, 0) is 16.4 Å². The van der Waals surface area contributed by atoms with Crippen LogP contribution in [-0.4, -0.2) is 44.3 Å². The Morgan fingerprint density at radius 3 is 2.41 bits per heavy atom. The number of nitrogens with zero attached hydrogens (tertiary/aromatic N) is 1. The zero-order valence-corrected chi connectivity index (χ0v) is 13.4. The minimum absolute atomic E-state index is 0.168. The Bertz CT molecular complexity index is 720. The number of amides is 1. The fourth-order valence-electron chi connectivity index (χ4n) is 1.93. The molecular formula is C15H19N3O3S. The first-order valence-corrected chi connectivity index (χ1v) is 8.28. The van der Waals surface area contributed by atoms with E-state index in [-0.39, 0.29) is 10.8 Å². The minimum Gasteiger partial charge on any atom is -0.367 e. The van der Waals surface area contributed by atoms with Crippen LogP contribution in [0.2, 0.25) is 0 Å². The molecule has 1 aromatic carbocycles. The van der Waals surface area contributed by atoms with Gasteiger partial charge in [0.05, 0.1) is 4.90 Å². The van der Waals surface area contributed by atoms with E-state index < -0.39 is 10.0 Å². The molecule has 0 aliphatic carbocycles. The molecule has 2 aromatic rings. The van der Waals surface area contributed by atoms with Gasteiger partial charge in [-0.2, -0.15) is 0 Å².